The molecule has 0 radical (unpaired) electrons. The predicted molar refractivity (Wildman–Crippen MR) is 91.2 cm³/mol. The minimum absolute atomic E-state index is 0.100. The number of rotatable bonds is 6. The fraction of sp³-hybridized carbons (Fsp3) is 0.125. The first-order valence-electron chi connectivity index (χ1n) is 6.98. The van der Waals surface area contributed by atoms with Gasteiger partial charge in [-0.3, -0.25) is 5.10 Å². The Kier molecular flexibility index (Phi) is 5.22. The molecule has 0 fully saturated rings. The lowest BCUT2D eigenvalue weighted by atomic mass is 10.3. The van der Waals surface area contributed by atoms with Gasteiger partial charge in [0.05, 0.1) is 10.7 Å². The maximum absolute atomic E-state index is 11.9. The lowest BCUT2D eigenvalue weighted by Crippen LogP contribution is -2.12. The summed E-state index contributed by atoms with van der Waals surface area (Å²) in [4.78, 5) is 11.9. The van der Waals surface area contributed by atoms with Crippen LogP contribution >= 0.6 is 27.5 Å². The highest BCUT2D eigenvalue weighted by Crippen LogP contribution is 2.27. The molecule has 0 aliphatic heterocycles. The van der Waals surface area contributed by atoms with E-state index in [0.29, 0.717) is 22.2 Å². The zero-order valence-corrected chi connectivity index (χ0v) is 14.6. The Morgan fingerprint density at radius 2 is 2.17 bits per heavy atom. The first kappa shape index (κ1) is 16.6. The van der Waals surface area contributed by atoms with Crippen LogP contribution in [0.25, 0.3) is 11.5 Å². The van der Waals surface area contributed by atoms with Crippen molar-refractivity contribution in [2.75, 3.05) is 13.2 Å². The van der Waals surface area contributed by atoms with Gasteiger partial charge in [0.1, 0.15) is 30.4 Å². The molecule has 0 saturated carbocycles. The molecule has 124 valence electrons. The summed E-state index contributed by atoms with van der Waals surface area (Å²) in [6, 6.07) is 10.2. The Balaban J connectivity index is 1.49. The molecular formula is C16H12BrClN2O4. The summed E-state index contributed by atoms with van der Waals surface area (Å²) in [6.07, 6.45) is 1.54. The van der Waals surface area contributed by atoms with Crippen LogP contribution in [-0.2, 0) is 4.74 Å². The topological polar surface area (TPSA) is 77.3 Å². The molecule has 0 aliphatic carbocycles. The van der Waals surface area contributed by atoms with Gasteiger partial charge in [-0.2, -0.15) is 5.10 Å². The van der Waals surface area contributed by atoms with Crippen LogP contribution in [0.2, 0.25) is 5.02 Å². The van der Waals surface area contributed by atoms with E-state index in [2.05, 4.69) is 26.1 Å². The summed E-state index contributed by atoms with van der Waals surface area (Å²) >= 11 is 9.20. The molecule has 0 spiro atoms. The lowest BCUT2D eigenvalue weighted by molar-refractivity contribution is 0.0443. The van der Waals surface area contributed by atoms with Gasteiger partial charge < -0.3 is 13.9 Å². The van der Waals surface area contributed by atoms with E-state index in [1.807, 2.05) is 0 Å². The van der Waals surface area contributed by atoms with Gasteiger partial charge in [-0.25, -0.2) is 4.79 Å². The summed E-state index contributed by atoms with van der Waals surface area (Å²) in [7, 11) is 0. The Hall–Kier alpha value is -2.25. The van der Waals surface area contributed by atoms with E-state index in [4.69, 9.17) is 25.5 Å². The number of halogens is 2. The maximum atomic E-state index is 11.9. The van der Waals surface area contributed by atoms with E-state index >= 15 is 0 Å². The zero-order chi connectivity index (χ0) is 16.9. The molecule has 3 aromatic rings. The first-order valence-corrected chi connectivity index (χ1v) is 8.15. The third kappa shape index (κ3) is 3.98. The number of nitrogens with one attached hydrogen (secondary N) is 1. The van der Waals surface area contributed by atoms with Gasteiger partial charge in [-0.1, -0.05) is 11.6 Å². The Morgan fingerprint density at radius 3 is 2.92 bits per heavy atom. The van der Waals surface area contributed by atoms with Crippen molar-refractivity contribution in [1.82, 2.24) is 10.2 Å². The molecule has 1 aromatic carbocycles. The standard InChI is InChI=1S/C16H12BrClN2O4/c17-11-8-10(18)3-4-14(11)23-6-7-24-16(21)13-9-12(19-20-13)15-2-1-5-22-15/h1-5,8-9H,6-7H2,(H,19,20). The molecule has 6 nitrogen and oxygen atoms in total. The van der Waals surface area contributed by atoms with Gasteiger partial charge in [0, 0.05) is 11.1 Å². The zero-order valence-electron chi connectivity index (χ0n) is 12.3. The molecule has 0 bridgehead atoms. The van der Waals surface area contributed by atoms with Crippen molar-refractivity contribution in [3.63, 3.8) is 0 Å². The molecule has 0 saturated heterocycles. The van der Waals surface area contributed by atoms with E-state index in [0.717, 1.165) is 4.47 Å². The highest BCUT2D eigenvalue weighted by molar-refractivity contribution is 9.10. The number of hydrogen-bond acceptors (Lipinski definition) is 5. The number of benzene rings is 1. The Labute approximate surface area is 150 Å². The van der Waals surface area contributed by atoms with E-state index in [1.165, 1.54) is 6.26 Å². The monoisotopic (exact) mass is 410 g/mol. The molecule has 3 rings (SSSR count). The molecule has 8 heteroatoms. The van der Waals surface area contributed by atoms with Crippen LogP contribution in [0.15, 0.2) is 51.6 Å². The number of furan rings is 1. The molecule has 1 N–H and O–H groups in total. The largest absolute Gasteiger partial charge is 0.489 e. The van der Waals surface area contributed by atoms with Crippen molar-refractivity contribution in [1.29, 1.82) is 0 Å². The lowest BCUT2D eigenvalue weighted by Gasteiger charge is -2.08. The predicted octanol–water partition coefficient (Wildman–Crippen LogP) is 4.32. The van der Waals surface area contributed by atoms with Gasteiger partial charge in [0.2, 0.25) is 0 Å². The van der Waals surface area contributed by atoms with Gasteiger partial charge >= 0.3 is 5.97 Å². The number of carbonyl (C=O) groups is 1. The molecule has 0 amide bonds. The third-order valence-electron chi connectivity index (χ3n) is 3.04. The number of esters is 1. The number of nitrogens with zero attached hydrogens (tertiary/aromatic N) is 1. The Morgan fingerprint density at radius 1 is 1.29 bits per heavy atom. The van der Waals surface area contributed by atoms with Crippen molar-refractivity contribution < 1.29 is 18.7 Å². The first-order chi connectivity index (χ1) is 11.6. The van der Waals surface area contributed by atoms with E-state index in [1.54, 1.807) is 36.4 Å². The van der Waals surface area contributed by atoms with Crippen molar-refractivity contribution in [2.24, 2.45) is 0 Å². The summed E-state index contributed by atoms with van der Waals surface area (Å²) in [5.41, 5.74) is 0.780. The van der Waals surface area contributed by atoms with Crippen LogP contribution in [-0.4, -0.2) is 29.4 Å². The quantitative estimate of drug-likeness (QED) is 0.483. The van der Waals surface area contributed by atoms with Crippen molar-refractivity contribution in [2.45, 2.75) is 0 Å². The van der Waals surface area contributed by atoms with E-state index in [-0.39, 0.29) is 18.9 Å². The van der Waals surface area contributed by atoms with Crippen LogP contribution in [0.4, 0.5) is 0 Å². The third-order valence-corrected chi connectivity index (χ3v) is 3.89. The molecule has 2 heterocycles. The highest BCUT2D eigenvalue weighted by Gasteiger charge is 2.13. The van der Waals surface area contributed by atoms with E-state index in [9.17, 15) is 4.79 Å². The van der Waals surface area contributed by atoms with Crippen LogP contribution in [0.1, 0.15) is 10.5 Å². The smallest absolute Gasteiger partial charge is 0.356 e. The molecule has 24 heavy (non-hydrogen) atoms. The minimum atomic E-state index is -0.515. The average Bonchev–Trinajstić information content (AvgIpc) is 3.23. The van der Waals surface area contributed by atoms with Gasteiger partial charge in [0.15, 0.2) is 5.76 Å². The summed E-state index contributed by atoms with van der Waals surface area (Å²) < 4.78 is 16.6. The van der Waals surface area contributed by atoms with Crippen LogP contribution < -0.4 is 4.74 Å². The highest BCUT2D eigenvalue weighted by atomic mass is 79.9. The second-order valence-corrected chi connectivity index (χ2v) is 5.99. The summed E-state index contributed by atoms with van der Waals surface area (Å²) in [5, 5.41) is 7.23. The minimum Gasteiger partial charge on any atom is -0.489 e. The van der Waals surface area contributed by atoms with Crippen molar-refractivity contribution in [3.05, 3.63) is 57.9 Å². The molecule has 2 aromatic heterocycles. The fourth-order valence-corrected chi connectivity index (χ4v) is 2.73. The Bertz CT molecular complexity index is 832. The molecule has 0 aliphatic rings. The maximum Gasteiger partial charge on any atom is 0.356 e. The van der Waals surface area contributed by atoms with Gasteiger partial charge in [-0.15, -0.1) is 0 Å². The number of hydrogen-bond donors (Lipinski definition) is 1. The summed E-state index contributed by atoms with van der Waals surface area (Å²) in [5.74, 6) is 0.678. The van der Waals surface area contributed by atoms with Crippen LogP contribution in [0.5, 0.6) is 5.75 Å². The SMILES string of the molecule is O=C(OCCOc1ccc(Cl)cc1Br)c1cc(-c2ccco2)n[nH]1. The second-order valence-electron chi connectivity index (χ2n) is 4.70. The van der Waals surface area contributed by atoms with Crippen molar-refractivity contribution >= 4 is 33.5 Å². The molecular weight excluding hydrogens is 400 g/mol. The molecule has 0 atom stereocenters. The normalized spacial score (nSPS) is 10.6. The number of aromatic amines is 1. The fourth-order valence-electron chi connectivity index (χ4n) is 1.93. The number of H-pyrrole nitrogens is 1. The van der Waals surface area contributed by atoms with Gasteiger partial charge in [-0.05, 0) is 46.3 Å². The van der Waals surface area contributed by atoms with Crippen LogP contribution in [0.3, 0.4) is 0 Å². The molecule has 0 unspecified atom stereocenters. The van der Waals surface area contributed by atoms with Gasteiger partial charge in [0.25, 0.3) is 0 Å². The van der Waals surface area contributed by atoms with E-state index < -0.39 is 5.97 Å². The summed E-state index contributed by atoms with van der Waals surface area (Å²) in [6.45, 7) is 0.314. The number of aromatic nitrogens is 2. The number of carbonyl (C=O) groups excluding carboxylic acids is 1. The average molecular weight is 412 g/mol. The van der Waals surface area contributed by atoms with Crippen LogP contribution in [0, 0.1) is 0 Å². The second kappa shape index (κ2) is 7.55. The van der Waals surface area contributed by atoms with Crippen molar-refractivity contribution in [3.8, 4) is 17.2 Å². The number of ether oxygens (including phenoxy) is 2.